The highest BCUT2D eigenvalue weighted by molar-refractivity contribution is 5.51. The second-order valence-electron chi connectivity index (χ2n) is 4.21. The lowest BCUT2D eigenvalue weighted by molar-refractivity contribution is 0.172. The molecule has 0 saturated heterocycles. The molecule has 1 fully saturated rings. The van der Waals surface area contributed by atoms with Gasteiger partial charge in [0.1, 0.15) is 5.82 Å². The molecular weight excluding hydrogens is 193 g/mol. The predicted octanol–water partition coefficient (Wildman–Crippen LogP) is 2.46. The maximum Gasteiger partial charge on any atom is 0.123 e. The summed E-state index contributed by atoms with van der Waals surface area (Å²) in [5.74, 6) is -0.218. The van der Waals surface area contributed by atoms with Crippen LogP contribution in [0.15, 0.2) is 18.2 Å². The Kier molecular flexibility index (Phi) is 2.91. The van der Waals surface area contributed by atoms with E-state index >= 15 is 0 Å². The monoisotopic (exact) mass is 209 g/mol. The second-order valence-corrected chi connectivity index (χ2v) is 4.21. The fraction of sp³-hybridized carbons (Fsp3) is 0.500. The molecule has 0 heterocycles. The van der Waals surface area contributed by atoms with Gasteiger partial charge >= 0.3 is 0 Å². The molecule has 15 heavy (non-hydrogen) atoms. The standard InChI is InChI=1S/C12H16FNO/c1-8-7-9(13)5-6-10(8)14-11-3-2-4-12(11)15/h5-7,11-12,14-15H,2-4H2,1H3/t11-,12-/m1/s1. The molecular formula is C12H16FNO. The normalized spacial score (nSPS) is 25.5. The van der Waals surface area contributed by atoms with Crippen LogP contribution in [0.1, 0.15) is 24.8 Å². The number of hydrogen-bond donors (Lipinski definition) is 2. The van der Waals surface area contributed by atoms with Gasteiger partial charge in [0.2, 0.25) is 0 Å². The molecule has 0 bridgehead atoms. The third-order valence-electron chi connectivity index (χ3n) is 3.01. The number of nitrogens with one attached hydrogen (secondary N) is 1. The molecule has 2 N–H and O–H groups in total. The molecule has 2 atom stereocenters. The number of aliphatic hydroxyl groups excluding tert-OH is 1. The summed E-state index contributed by atoms with van der Waals surface area (Å²) in [6.45, 7) is 1.87. The summed E-state index contributed by atoms with van der Waals surface area (Å²) in [7, 11) is 0. The lowest BCUT2D eigenvalue weighted by atomic mass is 10.1. The van der Waals surface area contributed by atoms with Crippen molar-refractivity contribution < 1.29 is 9.50 Å². The zero-order valence-corrected chi connectivity index (χ0v) is 8.83. The Labute approximate surface area is 89.1 Å². The molecule has 1 saturated carbocycles. The van der Waals surface area contributed by atoms with E-state index in [1.807, 2.05) is 6.92 Å². The number of benzene rings is 1. The van der Waals surface area contributed by atoms with E-state index in [1.165, 1.54) is 12.1 Å². The average Bonchev–Trinajstić information content (AvgIpc) is 2.57. The number of aryl methyl sites for hydroxylation is 1. The lowest BCUT2D eigenvalue weighted by Gasteiger charge is -2.19. The Balaban J connectivity index is 2.10. The molecule has 1 aromatic carbocycles. The highest BCUT2D eigenvalue weighted by Crippen LogP contribution is 2.24. The van der Waals surface area contributed by atoms with Crippen molar-refractivity contribution in [2.24, 2.45) is 0 Å². The van der Waals surface area contributed by atoms with E-state index in [9.17, 15) is 9.50 Å². The lowest BCUT2D eigenvalue weighted by Crippen LogP contribution is -2.28. The highest BCUT2D eigenvalue weighted by Gasteiger charge is 2.25. The van der Waals surface area contributed by atoms with Crippen LogP contribution in [0.2, 0.25) is 0 Å². The zero-order chi connectivity index (χ0) is 10.8. The van der Waals surface area contributed by atoms with E-state index < -0.39 is 0 Å². The van der Waals surface area contributed by atoms with Crippen LogP contribution in [-0.4, -0.2) is 17.3 Å². The summed E-state index contributed by atoms with van der Waals surface area (Å²) in [5.41, 5.74) is 1.80. The molecule has 0 spiro atoms. The summed E-state index contributed by atoms with van der Waals surface area (Å²) < 4.78 is 12.9. The molecule has 0 aliphatic heterocycles. The SMILES string of the molecule is Cc1cc(F)ccc1N[C@@H]1CCC[C@H]1O. The Bertz CT molecular complexity index is 353. The van der Waals surface area contributed by atoms with Crippen molar-refractivity contribution in [1.82, 2.24) is 0 Å². The highest BCUT2D eigenvalue weighted by atomic mass is 19.1. The first-order valence-electron chi connectivity index (χ1n) is 5.37. The Morgan fingerprint density at radius 3 is 2.80 bits per heavy atom. The third-order valence-corrected chi connectivity index (χ3v) is 3.01. The first-order valence-corrected chi connectivity index (χ1v) is 5.37. The molecule has 0 amide bonds. The third kappa shape index (κ3) is 2.29. The van der Waals surface area contributed by atoms with Crippen LogP contribution in [0.5, 0.6) is 0 Å². The van der Waals surface area contributed by atoms with Crippen LogP contribution in [0.25, 0.3) is 0 Å². The molecule has 2 nitrogen and oxygen atoms in total. The fourth-order valence-corrected chi connectivity index (χ4v) is 2.10. The van der Waals surface area contributed by atoms with Gasteiger partial charge in [-0.15, -0.1) is 0 Å². The van der Waals surface area contributed by atoms with Crippen molar-refractivity contribution in [3.8, 4) is 0 Å². The van der Waals surface area contributed by atoms with Crippen LogP contribution < -0.4 is 5.32 Å². The minimum Gasteiger partial charge on any atom is -0.391 e. The first-order chi connectivity index (χ1) is 7.16. The molecule has 82 valence electrons. The Morgan fingerprint density at radius 2 is 2.20 bits per heavy atom. The number of anilines is 1. The minimum absolute atomic E-state index is 0.120. The maximum absolute atomic E-state index is 12.9. The minimum atomic E-state index is -0.269. The van der Waals surface area contributed by atoms with Gasteiger partial charge in [-0.2, -0.15) is 0 Å². The summed E-state index contributed by atoms with van der Waals surface area (Å²) in [6.07, 6.45) is 2.63. The summed E-state index contributed by atoms with van der Waals surface area (Å²) in [4.78, 5) is 0. The van der Waals surface area contributed by atoms with Gasteiger partial charge in [0.15, 0.2) is 0 Å². The topological polar surface area (TPSA) is 32.3 Å². The molecule has 3 heteroatoms. The second kappa shape index (κ2) is 4.19. The number of halogens is 1. The largest absolute Gasteiger partial charge is 0.391 e. The van der Waals surface area contributed by atoms with Gasteiger partial charge in [0, 0.05) is 5.69 Å². The van der Waals surface area contributed by atoms with Gasteiger partial charge in [0.25, 0.3) is 0 Å². The van der Waals surface area contributed by atoms with E-state index in [0.29, 0.717) is 0 Å². The van der Waals surface area contributed by atoms with Crippen molar-refractivity contribution in [2.75, 3.05) is 5.32 Å². The van der Waals surface area contributed by atoms with E-state index in [1.54, 1.807) is 6.07 Å². The average molecular weight is 209 g/mol. The van der Waals surface area contributed by atoms with Crippen LogP contribution in [0, 0.1) is 12.7 Å². The molecule has 1 aromatic rings. The van der Waals surface area contributed by atoms with Crippen molar-refractivity contribution in [3.05, 3.63) is 29.6 Å². The van der Waals surface area contributed by atoms with Gasteiger partial charge in [-0.25, -0.2) is 4.39 Å². The quantitative estimate of drug-likeness (QED) is 0.784. The summed E-state index contributed by atoms with van der Waals surface area (Å²) >= 11 is 0. The number of hydrogen-bond acceptors (Lipinski definition) is 2. The predicted molar refractivity (Wildman–Crippen MR) is 58.4 cm³/mol. The van der Waals surface area contributed by atoms with Crippen molar-refractivity contribution in [3.63, 3.8) is 0 Å². The van der Waals surface area contributed by atoms with E-state index in [0.717, 1.165) is 30.5 Å². The first kappa shape index (κ1) is 10.4. The molecule has 0 aromatic heterocycles. The van der Waals surface area contributed by atoms with Crippen LogP contribution in [-0.2, 0) is 0 Å². The molecule has 1 aliphatic carbocycles. The van der Waals surface area contributed by atoms with Crippen molar-refractivity contribution >= 4 is 5.69 Å². The van der Waals surface area contributed by atoms with E-state index in [-0.39, 0.29) is 18.0 Å². The molecule has 0 radical (unpaired) electrons. The van der Waals surface area contributed by atoms with Crippen LogP contribution in [0.3, 0.4) is 0 Å². The smallest absolute Gasteiger partial charge is 0.123 e. The van der Waals surface area contributed by atoms with Gasteiger partial charge in [0.05, 0.1) is 12.1 Å². The molecule has 2 rings (SSSR count). The zero-order valence-electron chi connectivity index (χ0n) is 8.83. The van der Waals surface area contributed by atoms with Gasteiger partial charge in [-0.05, 0) is 49.9 Å². The number of rotatable bonds is 2. The van der Waals surface area contributed by atoms with Gasteiger partial charge in [-0.1, -0.05) is 0 Å². The van der Waals surface area contributed by atoms with E-state index in [2.05, 4.69) is 5.32 Å². The van der Waals surface area contributed by atoms with Gasteiger partial charge in [-0.3, -0.25) is 0 Å². The fourth-order valence-electron chi connectivity index (χ4n) is 2.10. The summed E-state index contributed by atoms with van der Waals surface area (Å²) in [6, 6.07) is 4.80. The van der Waals surface area contributed by atoms with Crippen LogP contribution in [0.4, 0.5) is 10.1 Å². The van der Waals surface area contributed by atoms with E-state index in [4.69, 9.17) is 0 Å². The van der Waals surface area contributed by atoms with Crippen molar-refractivity contribution in [2.45, 2.75) is 38.3 Å². The van der Waals surface area contributed by atoms with Crippen molar-refractivity contribution in [1.29, 1.82) is 0 Å². The Hall–Kier alpha value is -1.09. The van der Waals surface area contributed by atoms with Gasteiger partial charge < -0.3 is 10.4 Å². The summed E-state index contributed by atoms with van der Waals surface area (Å²) in [5, 5.41) is 12.9. The van der Waals surface area contributed by atoms with Crippen LogP contribution >= 0.6 is 0 Å². The number of aliphatic hydroxyl groups is 1. The molecule has 0 unspecified atom stereocenters. The molecule has 1 aliphatic rings. The maximum atomic E-state index is 12.9. The Morgan fingerprint density at radius 1 is 1.40 bits per heavy atom.